The molecule has 0 spiro atoms. The van der Waals surface area contributed by atoms with Gasteiger partial charge in [-0.05, 0) is 25.3 Å². The van der Waals surface area contributed by atoms with Gasteiger partial charge in [-0.1, -0.05) is 81.6 Å². The van der Waals surface area contributed by atoms with Crippen LogP contribution in [0.1, 0.15) is 89.5 Å². The molecule has 0 radical (unpaired) electrons. The number of likely N-dealkylation sites (tertiary alicyclic amines) is 1. The summed E-state index contributed by atoms with van der Waals surface area (Å²) in [6.07, 6.45) is 14.5. The first-order valence-corrected chi connectivity index (χ1v) is 12.6. The van der Waals surface area contributed by atoms with Crippen LogP contribution < -0.4 is 0 Å². The predicted molar refractivity (Wildman–Crippen MR) is 129 cm³/mol. The molecule has 3 aromatic rings. The number of amides is 1. The van der Waals surface area contributed by atoms with Gasteiger partial charge in [-0.3, -0.25) is 4.90 Å². The Morgan fingerprint density at radius 3 is 2.58 bits per heavy atom. The van der Waals surface area contributed by atoms with Gasteiger partial charge in [0.15, 0.2) is 0 Å². The highest BCUT2D eigenvalue weighted by atomic mass is 16.5. The highest BCUT2D eigenvalue weighted by molar-refractivity contribution is 5.94. The van der Waals surface area contributed by atoms with E-state index < -0.39 is 6.09 Å². The third-order valence-corrected chi connectivity index (χ3v) is 6.76. The lowest BCUT2D eigenvalue weighted by atomic mass is 10.1. The molecule has 3 heterocycles. The molecule has 0 aliphatic carbocycles. The Hall–Kier alpha value is -2.83. The van der Waals surface area contributed by atoms with Crippen molar-refractivity contribution < 1.29 is 14.4 Å². The molecule has 1 aromatic carbocycles. The van der Waals surface area contributed by atoms with Gasteiger partial charge < -0.3 is 14.2 Å². The second-order valence-electron chi connectivity index (χ2n) is 9.17. The molecule has 1 atom stereocenters. The molecular formula is C26H36N4O3. The lowest BCUT2D eigenvalue weighted by molar-refractivity contribution is 0.131. The van der Waals surface area contributed by atoms with E-state index in [1.54, 1.807) is 0 Å². The fourth-order valence-corrected chi connectivity index (χ4v) is 4.94. The summed E-state index contributed by atoms with van der Waals surface area (Å²) in [6.45, 7) is 3.74. The van der Waals surface area contributed by atoms with Crippen LogP contribution in [0.4, 0.5) is 4.79 Å². The molecule has 33 heavy (non-hydrogen) atoms. The minimum Gasteiger partial charge on any atom is -0.465 e. The average molecular weight is 453 g/mol. The highest BCUT2D eigenvalue weighted by Crippen LogP contribution is 2.34. The number of hydrogen-bond donors (Lipinski definition) is 1. The zero-order valence-corrected chi connectivity index (χ0v) is 19.7. The van der Waals surface area contributed by atoms with Gasteiger partial charge in [-0.2, -0.15) is 4.98 Å². The van der Waals surface area contributed by atoms with Gasteiger partial charge >= 0.3 is 6.09 Å². The van der Waals surface area contributed by atoms with Crippen molar-refractivity contribution in [2.75, 3.05) is 6.54 Å². The smallest absolute Gasteiger partial charge is 0.407 e. The highest BCUT2D eigenvalue weighted by Gasteiger charge is 2.34. The summed E-state index contributed by atoms with van der Waals surface area (Å²) in [5.74, 6) is 0.921. The van der Waals surface area contributed by atoms with E-state index in [1.807, 2.05) is 6.07 Å². The fraction of sp³-hybridized carbons (Fsp3) is 0.577. The lowest BCUT2D eigenvalue weighted by Gasteiger charge is -2.17. The Labute approximate surface area is 195 Å². The van der Waals surface area contributed by atoms with E-state index in [4.69, 9.17) is 4.52 Å². The number of rotatable bonds is 12. The summed E-state index contributed by atoms with van der Waals surface area (Å²) in [5.41, 5.74) is 2.11. The number of carboxylic acid groups (broad SMARTS) is 1. The molecule has 0 saturated carbocycles. The van der Waals surface area contributed by atoms with Crippen LogP contribution in [-0.2, 0) is 6.54 Å². The maximum absolute atomic E-state index is 11.5. The Bertz CT molecular complexity index is 1040. The number of para-hydroxylation sites is 1. The molecule has 4 rings (SSSR count). The van der Waals surface area contributed by atoms with Gasteiger partial charge in [-0.15, -0.1) is 0 Å². The first-order chi connectivity index (χ1) is 16.2. The standard InChI is InChI=1S/C26H36N4O3/c1-2-3-4-5-6-7-8-9-12-17-29-19-21(20-14-10-11-15-22(20)29)24-27-25(33-28-24)23-16-13-18-30(23)26(31)32/h10-11,14-15,19,23H,2-9,12-13,16-18H2,1H3,(H,31,32). The number of aryl methyl sites for hydroxylation is 1. The zero-order chi connectivity index (χ0) is 23.0. The van der Waals surface area contributed by atoms with E-state index in [2.05, 4.69) is 46.0 Å². The van der Waals surface area contributed by atoms with Crippen molar-refractivity contribution in [3.63, 3.8) is 0 Å². The predicted octanol–water partition coefficient (Wildman–Crippen LogP) is 7.04. The van der Waals surface area contributed by atoms with Crippen molar-refractivity contribution in [3.05, 3.63) is 36.4 Å². The Balaban J connectivity index is 1.40. The van der Waals surface area contributed by atoms with Crippen LogP contribution in [-0.4, -0.2) is 37.4 Å². The van der Waals surface area contributed by atoms with Crippen LogP contribution in [0.25, 0.3) is 22.3 Å². The molecule has 7 heteroatoms. The molecule has 1 aliphatic rings. The first kappa shape index (κ1) is 23.3. The summed E-state index contributed by atoms with van der Waals surface area (Å²) in [5, 5.41) is 14.8. The SMILES string of the molecule is CCCCCCCCCCCn1cc(-c2noc(C3CCCN3C(=O)O)n2)c2ccccc21. The topological polar surface area (TPSA) is 84.4 Å². The maximum Gasteiger partial charge on any atom is 0.407 e. The molecule has 2 aromatic heterocycles. The molecule has 1 saturated heterocycles. The van der Waals surface area contributed by atoms with Crippen LogP contribution in [0.2, 0.25) is 0 Å². The van der Waals surface area contributed by atoms with Crippen LogP contribution in [0.3, 0.4) is 0 Å². The van der Waals surface area contributed by atoms with Crippen molar-refractivity contribution in [2.45, 2.75) is 90.1 Å². The van der Waals surface area contributed by atoms with E-state index in [1.165, 1.54) is 61.8 Å². The van der Waals surface area contributed by atoms with E-state index in [-0.39, 0.29) is 6.04 Å². The number of aromatic nitrogens is 3. The average Bonchev–Trinajstić information content (AvgIpc) is 3.56. The summed E-state index contributed by atoms with van der Waals surface area (Å²) < 4.78 is 7.82. The first-order valence-electron chi connectivity index (χ1n) is 12.6. The molecule has 1 fully saturated rings. The van der Waals surface area contributed by atoms with Gasteiger partial charge in [0.05, 0.1) is 0 Å². The van der Waals surface area contributed by atoms with Gasteiger partial charge in [0.2, 0.25) is 11.7 Å². The third-order valence-electron chi connectivity index (χ3n) is 6.76. The summed E-state index contributed by atoms with van der Waals surface area (Å²) >= 11 is 0. The van der Waals surface area contributed by atoms with Crippen molar-refractivity contribution in [1.29, 1.82) is 0 Å². The van der Waals surface area contributed by atoms with Gasteiger partial charge in [0, 0.05) is 35.8 Å². The molecule has 1 N–H and O–H groups in total. The molecule has 1 aliphatic heterocycles. The van der Waals surface area contributed by atoms with Gasteiger partial charge in [0.1, 0.15) is 6.04 Å². The largest absolute Gasteiger partial charge is 0.465 e. The van der Waals surface area contributed by atoms with Crippen molar-refractivity contribution in [1.82, 2.24) is 19.6 Å². The van der Waals surface area contributed by atoms with Crippen LogP contribution in [0.15, 0.2) is 35.0 Å². The number of nitrogens with zero attached hydrogens (tertiary/aromatic N) is 4. The number of benzene rings is 1. The molecule has 1 amide bonds. The second kappa shape index (κ2) is 11.3. The number of hydrogen-bond acceptors (Lipinski definition) is 4. The van der Waals surface area contributed by atoms with E-state index >= 15 is 0 Å². The summed E-state index contributed by atoms with van der Waals surface area (Å²) in [6, 6.07) is 7.96. The maximum atomic E-state index is 11.5. The van der Waals surface area contributed by atoms with E-state index in [0.29, 0.717) is 24.7 Å². The zero-order valence-electron chi connectivity index (χ0n) is 19.7. The Morgan fingerprint density at radius 2 is 1.82 bits per heavy atom. The summed E-state index contributed by atoms with van der Waals surface area (Å²) in [7, 11) is 0. The molecule has 0 bridgehead atoms. The van der Waals surface area contributed by atoms with E-state index in [0.717, 1.165) is 30.3 Å². The fourth-order valence-electron chi connectivity index (χ4n) is 4.94. The minimum atomic E-state index is -0.935. The van der Waals surface area contributed by atoms with Crippen LogP contribution in [0, 0.1) is 0 Å². The normalized spacial score (nSPS) is 16.2. The van der Waals surface area contributed by atoms with Gasteiger partial charge in [0.25, 0.3) is 0 Å². The van der Waals surface area contributed by atoms with Crippen molar-refractivity contribution >= 4 is 17.0 Å². The molecule has 7 nitrogen and oxygen atoms in total. The molecule has 1 unspecified atom stereocenters. The Morgan fingerprint density at radius 1 is 1.09 bits per heavy atom. The second-order valence-corrected chi connectivity index (χ2v) is 9.17. The quantitative estimate of drug-likeness (QED) is 0.298. The summed E-state index contributed by atoms with van der Waals surface area (Å²) in [4.78, 5) is 17.5. The minimum absolute atomic E-state index is 0.348. The van der Waals surface area contributed by atoms with E-state index in [9.17, 15) is 9.90 Å². The lowest BCUT2D eigenvalue weighted by Crippen LogP contribution is -2.28. The number of unbranched alkanes of at least 4 members (excludes halogenated alkanes) is 8. The van der Waals surface area contributed by atoms with Crippen molar-refractivity contribution in [2.24, 2.45) is 0 Å². The third kappa shape index (κ3) is 5.57. The van der Waals surface area contributed by atoms with Crippen molar-refractivity contribution in [3.8, 4) is 11.4 Å². The van der Waals surface area contributed by atoms with Crippen LogP contribution in [0.5, 0.6) is 0 Å². The number of fused-ring (bicyclic) bond motifs is 1. The molecule has 178 valence electrons. The Kier molecular flexibility index (Phi) is 8.02. The monoisotopic (exact) mass is 452 g/mol. The number of carbonyl (C=O) groups is 1. The van der Waals surface area contributed by atoms with Crippen LogP contribution >= 0.6 is 0 Å². The molecular weight excluding hydrogens is 416 g/mol. The van der Waals surface area contributed by atoms with Gasteiger partial charge in [-0.25, -0.2) is 4.79 Å².